The Kier molecular flexibility index (Phi) is 4.89. The fourth-order valence-electron chi connectivity index (χ4n) is 1.78. The molecule has 0 radical (unpaired) electrons. The maximum absolute atomic E-state index is 12.3. The van der Waals surface area contributed by atoms with Gasteiger partial charge in [0.05, 0.1) is 27.2 Å². The van der Waals surface area contributed by atoms with Gasteiger partial charge in [-0.25, -0.2) is 8.42 Å². The highest BCUT2D eigenvalue weighted by atomic mass is 35.5. The lowest BCUT2D eigenvalue weighted by Gasteiger charge is -2.10. The first-order valence-corrected chi connectivity index (χ1v) is 8.28. The van der Waals surface area contributed by atoms with Crippen LogP contribution in [0, 0.1) is 11.3 Å². The van der Waals surface area contributed by atoms with Gasteiger partial charge in [0, 0.05) is 12.6 Å². The predicted molar refractivity (Wildman–Crippen MR) is 87.7 cm³/mol. The third-order valence-electron chi connectivity index (χ3n) is 2.83. The van der Waals surface area contributed by atoms with E-state index in [2.05, 4.69) is 10.0 Å². The molecule has 0 fully saturated rings. The zero-order chi connectivity index (χ0) is 17.0. The molecule has 0 bridgehead atoms. The van der Waals surface area contributed by atoms with Crippen LogP contribution in [0.25, 0.3) is 0 Å². The standard InChI is InChI=1S/C15H12ClN3O3S/c1-10(20)18-15-7-6-13(8-14(15)16)23(21,22)19-12-4-2-11(9-17)3-5-12/h2-8,19H,1H3,(H,18,20). The van der Waals surface area contributed by atoms with Crippen LogP contribution in [-0.4, -0.2) is 14.3 Å². The molecule has 8 heteroatoms. The van der Waals surface area contributed by atoms with Crippen molar-refractivity contribution in [2.24, 2.45) is 0 Å². The van der Waals surface area contributed by atoms with Crippen LogP contribution in [0.3, 0.4) is 0 Å². The van der Waals surface area contributed by atoms with Gasteiger partial charge >= 0.3 is 0 Å². The Morgan fingerprint density at radius 3 is 2.35 bits per heavy atom. The summed E-state index contributed by atoms with van der Waals surface area (Å²) in [6.07, 6.45) is 0. The van der Waals surface area contributed by atoms with Crippen LogP contribution in [0.1, 0.15) is 12.5 Å². The summed E-state index contributed by atoms with van der Waals surface area (Å²) in [5.74, 6) is -0.307. The van der Waals surface area contributed by atoms with Crippen molar-refractivity contribution in [3.63, 3.8) is 0 Å². The maximum atomic E-state index is 12.3. The van der Waals surface area contributed by atoms with E-state index in [-0.39, 0.29) is 15.8 Å². The highest BCUT2D eigenvalue weighted by Crippen LogP contribution is 2.26. The number of anilines is 2. The van der Waals surface area contributed by atoms with E-state index in [9.17, 15) is 13.2 Å². The van der Waals surface area contributed by atoms with Gasteiger partial charge in [0.2, 0.25) is 5.91 Å². The number of halogens is 1. The van der Waals surface area contributed by atoms with Crippen LogP contribution in [0.15, 0.2) is 47.4 Å². The number of rotatable bonds is 4. The summed E-state index contributed by atoms with van der Waals surface area (Å²) in [7, 11) is -3.83. The molecule has 0 atom stereocenters. The minimum absolute atomic E-state index is 0.0408. The molecule has 2 N–H and O–H groups in total. The predicted octanol–water partition coefficient (Wildman–Crippen LogP) is 2.97. The summed E-state index contributed by atoms with van der Waals surface area (Å²) < 4.78 is 27.0. The molecule has 0 spiro atoms. The summed E-state index contributed by atoms with van der Waals surface area (Å²) in [5, 5.41) is 11.3. The van der Waals surface area contributed by atoms with E-state index < -0.39 is 10.0 Å². The first-order valence-electron chi connectivity index (χ1n) is 6.42. The minimum Gasteiger partial charge on any atom is -0.325 e. The Hall–Kier alpha value is -2.56. The smallest absolute Gasteiger partial charge is 0.261 e. The van der Waals surface area contributed by atoms with Crippen molar-refractivity contribution in [2.45, 2.75) is 11.8 Å². The molecule has 0 aliphatic rings. The lowest BCUT2D eigenvalue weighted by atomic mass is 10.2. The second kappa shape index (κ2) is 6.69. The highest BCUT2D eigenvalue weighted by Gasteiger charge is 2.16. The molecule has 0 aromatic heterocycles. The van der Waals surface area contributed by atoms with E-state index in [4.69, 9.17) is 16.9 Å². The quantitative estimate of drug-likeness (QED) is 0.886. The van der Waals surface area contributed by atoms with Gasteiger partial charge in [-0.05, 0) is 42.5 Å². The van der Waals surface area contributed by atoms with Crippen LogP contribution >= 0.6 is 11.6 Å². The zero-order valence-corrected chi connectivity index (χ0v) is 13.6. The number of carbonyl (C=O) groups is 1. The molecule has 0 unspecified atom stereocenters. The second-order valence-electron chi connectivity index (χ2n) is 4.62. The number of nitriles is 1. The molecule has 0 saturated heterocycles. The van der Waals surface area contributed by atoms with E-state index in [1.54, 1.807) is 0 Å². The Bertz CT molecular complexity index is 887. The molecule has 0 aliphatic heterocycles. The lowest BCUT2D eigenvalue weighted by Crippen LogP contribution is -2.13. The summed E-state index contributed by atoms with van der Waals surface area (Å²) in [4.78, 5) is 11.0. The average Bonchev–Trinajstić information content (AvgIpc) is 2.49. The van der Waals surface area contributed by atoms with E-state index in [1.807, 2.05) is 6.07 Å². The number of amides is 1. The van der Waals surface area contributed by atoms with Crippen molar-refractivity contribution in [3.8, 4) is 6.07 Å². The van der Waals surface area contributed by atoms with Crippen molar-refractivity contribution < 1.29 is 13.2 Å². The molecular weight excluding hydrogens is 338 g/mol. The number of benzene rings is 2. The minimum atomic E-state index is -3.83. The monoisotopic (exact) mass is 349 g/mol. The van der Waals surface area contributed by atoms with Crippen molar-refractivity contribution in [1.82, 2.24) is 0 Å². The Morgan fingerprint density at radius 2 is 1.83 bits per heavy atom. The third-order valence-corrected chi connectivity index (χ3v) is 4.52. The van der Waals surface area contributed by atoms with E-state index in [0.717, 1.165) is 0 Å². The van der Waals surface area contributed by atoms with Gasteiger partial charge in [0.15, 0.2) is 0 Å². The van der Waals surface area contributed by atoms with E-state index in [0.29, 0.717) is 16.9 Å². The van der Waals surface area contributed by atoms with Crippen LogP contribution in [0.2, 0.25) is 5.02 Å². The topological polar surface area (TPSA) is 99.1 Å². The Balaban J connectivity index is 2.27. The highest BCUT2D eigenvalue weighted by molar-refractivity contribution is 7.92. The second-order valence-corrected chi connectivity index (χ2v) is 6.71. The molecule has 1 amide bonds. The van der Waals surface area contributed by atoms with Crippen LogP contribution < -0.4 is 10.0 Å². The van der Waals surface area contributed by atoms with Gasteiger partial charge in [-0.1, -0.05) is 11.6 Å². The number of hydrogen-bond donors (Lipinski definition) is 2. The maximum Gasteiger partial charge on any atom is 0.261 e. The summed E-state index contributed by atoms with van der Waals surface area (Å²) in [6, 6.07) is 11.9. The van der Waals surface area contributed by atoms with E-state index >= 15 is 0 Å². The Labute approximate surface area is 138 Å². The number of nitrogens with one attached hydrogen (secondary N) is 2. The first kappa shape index (κ1) is 16.8. The zero-order valence-electron chi connectivity index (χ0n) is 12.0. The SMILES string of the molecule is CC(=O)Nc1ccc(S(=O)(=O)Nc2ccc(C#N)cc2)cc1Cl. The number of sulfonamides is 1. The van der Waals surface area contributed by atoms with Crippen molar-refractivity contribution in [3.05, 3.63) is 53.1 Å². The van der Waals surface area contributed by atoms with Crippen molar-refractivity contribution in [2.75, 3.05) is 10.0 Å². The normalized spacial score (nSPS) is 10.7. The van der Waals surface area contributed by atoms with Crippen LogP contribution in [0.5, 0.6) is 0 Å². The molecule has 6 nitrogen and oxygen atoms in total. The van der Waals surface area contributed by atoms with Gasteiger partial charge in [-0.15, -0.1) is 0 Å². The first-order chi connectivity index (χ1) is 10.8. The molecule has 118 valence electrons. The molecule has 0 heterocycles. The molecular formula is C15H12ClN3O3S. The van der Waals surface area contributed by atoms with Gasteiger partial charge in [0.25, 0.3) is 10.0 Å². The fraction of sp³-hybridized carbons (Fsp3) is 0.0667. The van der Waals surface area contributed by atoms with Crippen LogP contribution in [-0.2, 0) is 14.8 Å². The van der Waals surface area contributed by atoms with Crippen LogP contribution in [0.4, 0.5) is 11.4 Å². The van der Waals surface area contributed by atoms with Gasteiger partial charge in [0.1, 0.15) is 0 Å². The summed E-state index contributed by atoms with van der Waals surface area (Å²) in [6.45, 7) is 1.33. The molecule has 2 rings (SSSR count). The third kappa shape index (κ3) is 4.22. The van der Waals surface area contributed by atoms with E-state index in [1.165, 1.54) is 49.4 Å². The molecule has 0 saturated carbocycles. The Morgan fingerprint density at radius 1 is 1.17 bits per heavy atom. The average molecular weight is 350 g/mol. The number of nitrogens with zero attached hydrogens (tertiary/aromatic N) is 1. The molecule has 2 aromatic rings. The number of carbonyl (C=O) groups excluding carboxylic acids is 1. The van der Waals surface area contributed by atoms with Crippen molar-refractivity contribution in [1.29, 1.82) is 5.26 Å². The largest absolute Gasteiger partial charge is 0.325 e. The molecule has 0 aliphatic carbocycles. The number of hydrogen-bond acceptors (Lipinski definition) is 4. The van der Waals surface area contributed by atoms with Gasteiger partial charge in [-0.2, -0.15) is 5.26 Å². The molecule has 23 heavy (non-hydrogen) atoms. The lowest BCUT2D eigenvalue weighted by molar-refractivity contribution is -0.114. The fourth-order valence-corrected chi connectivity index (χ4v) is 3.16. The summed E-state index contributed by atoms with van der Waals surface area (Å²) in [5.41, 5.74) is 1.08. The summed E-state index contributed by atoms with van der Waals surface area (Å²) >= 11 is 5.98. The van der Waals surface area contributed by atoms with Gasteiger partial charge in [-0.3, -0.25) is 9.52 Å². The van der Waals surface area contributed by atoms with Crippen molar-refractivity contribution >= 4 is 38.9 Å². The van der Waals surface area contributed by atoms with Gasteiger partial charge < -0.3 is 5.32 Å². The molecule has 2 aromatic carbocycles.